The molecule has 0 aliphatic heterocycles. The lowest BCUT2D eigenvalue weighted by Gasteiger charge is -2.27. The average Bonchev–Trinajstić information content (AvgIpc) is 2.94. The molecular formula is C33H50N2O2. The first-order valence-corrected chi connectivity index (χ1v) is 15.3. The Balaban J connectivity index is 1.49. The van der Waals surface area contributed by atoms with Gasteiger partial charge in [0.25, 0.3) is 0 Å². The molecule has 0 spiro atoms. The molecule has 1 atom stereocenters. The third kappa shape index (κ3) is 9.87. The van der Waals surface area contributed by atoms with E-state index in [0.717, 1.165) is 43.0 Å². The molecule has 1 aromatic heterocycles. The van der Waals surface area contributed by atoms with Crippen LogP contribution in [0.5, 0.6) is 5.75 Å². The maximum Gasteiger partial charge on any atom is 0.314 e. The van der Waals surface area contributed by atoms with Crippen molar-refractivity contribution in [1.82, 2.24) is 9.97 Å². The van der Waals surface area contributed by atoms with Crippen molar-refractivity contribution in [3.63, 3.8) is 0 Å². The van der Waals surface area contributed by atoms with Gasteiger partial charge >= 0.3 is 5.97 Å². The molecule has 204 valence electrons. The van der Waals surface area contributed by atoms with Gasteiger partial charge in [0.15, 0.2) is 5.82 Å². The van der Waals surface area contributed by atoms with E-state index in [9.17, 15) is 4.79 Å². The van der Waals surface area contributed by atoms with Crippen LogP contribution in [0.15, 0.2) is 36.7 Å². The van der Waals surface area contributed by atoms with Crippen LogP contribution in [-0.2, 0) is 4.79 Å². The second-order valence-electron chi connectivity index (χ2n) is 11.2. The summed E-state index contributed by atoms with van der Waals surface area (Å²) in [6.07, 6.45) is 23.7. The highest BCUT2D eigenvalue weighted by atomic mass is 16.5. The predicted octanol–water partition coefficient (Wildman–Crippen LogP) is 9.68. The molecule has 0 amide bonds. The maximum atomic E-state index is 12.7. The van der Waals surface area contributed by atoms with E-state index in [1.54, 1.807) is 0 Å². The Hall–Kier alpha value is -2.23. The van der Waals surface area contributed by atoms with Crippen molar-refractivity contribution in [3.05, 3.63) is 42.2 Å². The molecule has 4 nitrogen and oxygen atoms in total. The number of benzene rings is 1. The molecule has 1 saturated carbocycles. The number of carbonyl (C=O) groups is 1. The van der Waals surface area contributed by atoms with Crippen molar-refractivity contribution in [2.24, 2.45) is 11.8 Å². The molecule has 1 aliphatic rings. The Bertz CT molecular complexity index is 886. The van der Waals surface area contributed by atoms with E-state index in [1.807, 2.05) is 36.7 Å². The molecule has 0 N–H and O–H groups in total. The second kappa shape index (κ2) is 16.6. The van der Waals surface area contributed by atoms with E-state index in [1.165, 1.54) is 82.6 Å². The fraction of sp³-hybridized carbons (Fsp3) is 0.667. The smallest absolute Gasteiger partial charge is 0.314 e. The topological polar surface area (TPSA) is 52.1 Å². The SMILES string of the molecule is CCCCCCCCC(CCC)c1cnc(-c2ccc(OC(=O)C3CCC(CCCC)CC3)cc2)nc1. The van der Waals surface area contributed by atoms with Gasteiger partial charge in [-0.2, -0.15) is 0 Å². The Morgan fingerprint density at radius 1 is 0.811 bits per heavy atom. The molecule has 37 heavy (non-hydrogen) atoms. The normalized spacial score (nSPS) is 18.5. The Kier molecular flexibility index (Phi) is 13.1. The van der Waals surface area contributed by atoms with Gasteiger partial charge in [-0.05, 0) is 80.2 Å². The van der Waals surface area contributed by atoms with Gasteiger partial charge in [-0.15, -0.1) is 0 Å². The van der Waals surface area contributed by atoms with Crippen molar-refractivity contribution in [2.75, 3.05) is 0 Å². The standard InChI is InChI=1S/C33H50N2O2/c1-4-7-9-10-11-12-15-27(13-6-3)30-24-34-32(35-25-30)28-20-22-31(23-21-28)37-33(36)29-18-16-26(17-19-29)14-8-5-2/h20-27,29H,4-19H2,1-3H3. The number of carbonyl (C=O) groups excluding carboxylic acids is 1. The van der Waals surface area contributed by atoms with Gasteiger partial charge in [-0.3, -0.25) is 4.79 Å². The summed E-state index contributed by atoms with van der Waals surface area (Å²) in [5.74, 6) is 2.65. The zero-order valence-corrected chi connectivity index (χ0v) is 23.7. The summed E-state index contributed by atoms with van der Waals surface area (Å²) in [6, 6.07) is 7.66. The summed E-state index contributed by atoms with van der Waals surface area (Å²) < 4.78 is 5.73. The van der Waals surface area contributed by atoms with Gasteiger partial charge in [-0.25, -0.2) is 9.97 Å². The second-order valence-corrected chi connectivity index (χ2v) is 11.2. The molecule has 0 saturated heterocycles. The molecule has 0 radical (unpaired) electrons. The minimum Gasteiger partial charge on any atom is -0.426 e. The molecule has 3 rings (SSSR count). The molecule has 1 aliphatic carbocycles. The lowest BCUT2D eigenvalue weighted by atomic mass is 9.80. The predicted molar refractivity (Wildman–Crippen MR) is 154 cm³/mol. The number of aromatic nitrogens is 2. The minimum atomic E-state index is -0.0744. The Labute approximate surface area is 226 Å². The summed E-state index contributed by atoms with van der Waals surface area (Å²) in [5, 5.41) is 0. The van der Waals surface area contributed by atoms with Crippen LogP contribution in [-0.4, -0.2) is 15.9 Å². The van der Waals surface area contributed by atoms with Gasteiger partial charge in [0.1, 0.15) is 5.75 Å². The lowest BCUT2D eigenvalue weighted by Crippen LogP contribution is -2.25. The fourth-order valence-electron chi connectivity index (χ4n) is 5.75. The number of unbranched alkanes of at least 4 members (excludes halogenated alkanes) is 6. The van der Waals surface area contributed by atoms with E-state index in [4.69, 9.17) is 14.7 Å². The highest BCUT2D eigenvalue weighted by molar-refractivity contribution is 5.75. The molecule has 0 bridgehead atoms. The summed E-state index contributed by atoms with van der Waals surface area (Å²) in [4.78, 5) is 22.1. The van der Waals surface area contributed by atoms with Crippen molar-refractivity contribution >= 4 is 5.97 Å². The summed E-state index contributed by atoms with van der Waals surface area (Å²) in [5.41, 5.74) is 2.21. The number of ether oxygens (including phenoxy) is 1. The summed E-state index contributed by atoms with van der Waals surface area (Å²) in [6.45, 7) is 6.78. The average molecular weight is 507 g/mol. The highest BCUT2D eigenvalue weighted by Crippen LogP contribution is 2.33. The first-order chi connectivity index (χ1) is 18.1. The van der Waals surface area contributed by atoms with E-state index >= 15 is 0 Å². The minimum absolute atomic E-state index is 0.0424. The lowest BCUT2D eigenvalue weighted by molar-refractivity contribution is -0.140. The molecule has 1 fully saturated rings. The summed E-state index contributed by atoms with van der Waals surface area (Å²) in [7, 11) is 0. The van der Waals surface area contributed by atoms with E-state index in [0.29, 0.717) is 11.7 Å². The molecule has 4 heteroatoms. The van der Waals surface area contributed by atoms with Crippen molar-refractivity contribution in [1.29, 1.82) is 0 Å². The number of esters is 1. The van der Waals surface area contributed by atoms with Gasteiger partial charge in [-0.1, -0.05) is 85.0 Å². The van der Waals surface area contributed by atoms with E-state index in [-0.39, 0.29) is 11.9 Å². The number of nitrogens with zero attached hydrogens (tertiary/aromatic N) is 2. The molecule has 2 aromatic rings. The van der Waals surface area contributed by atoms with Crippen LogP contribution in [0.25, 0.3) is 11.4 Å². The Morgan fingerprint density at radius 3 is 2.11 bits per heavy atom. The fourth-order valence-corrected chi connectivity index (χ4v) is 5.75. The highest BCUT2D eigenvalue weighted by Gasteiger charge is 2.27. The molecule has 1 unspecified atom stereocenters. The van der Waals surface area contributed by atoms with Crippen LogP contribution in [0.2, 0.25) is 0 Å². The zero-order chi connectivity index (χ0) is 26.3. The van der Waals surface area contributed by atoms with Crippen LogP contribution in [0.1, 0.15) is 135 Å². The first-order valence-electron chi connectivity index (χ1n) is 15.3. The number of hydrogen-bond acceptors (Lipinski definition) is 4. The van der Waals surface area contributed by atoms with Crippen LogP contribution >= 0.6 is 0 Å². The van der Waals surface area contributed by atoms with Crippen LogP contribution < -0.4 is 4.74 Å². The van der Waals surface area contributed by atoms with Gasteiger partial charge in [0.05, 0.1) is 5.92 Å². The van der Waals surface area contributed by atoms with Gasteiger partial charge in [0.2, 0.25) is 0 Å². The van der Waals surface area contributed by atoms with E-state index in [2.05, 4.69) is 20.8 Å². The van der Waals surface area contributed by atoms with Crippen LogP contribution in [0, 0.1) is 11.8 Å². The van der Waals surface area contributed by atoms with E-state index < -0.39 is 0 Å². The quantitative estimate of drug-likeness (QED) is 0.129. The summed E-state index contributed by atoms with van der Waals surface area (Å²) >= 11 is 0. The number of hydrogen-bond donors (Lipinski definition) is 0. The molecule has 1 aromatic carbocycles. The van der Waals surface area contributed by atoms with Crippen molar-refractivity contribution < 1.29 is 9.53 Å². The van der Waals surface area contributed by atoms with Gasteiger partial charge < -0.3 is 4.74 Å². The third-order valence-corrected chi connectivity index (χ3v) is 8.16. The molecule has 1 heterocycles. The number of rotatable bonds is 16. The van der Waals surface area contributed by atoms with Gasteiger partial charge in [0, 0.05) is 18.0 Å². The van der Waals surface area contributed by atoms with Crippen LogP contribution in [0.3, 0.4) is 0 Å². The largest absolute Gasteiger partial charge is 0.426 e. The maximum absolute atomic E-state index is 12.7. The van der Waals surface area contributed by atoms with Crippen LogP contribution in [0.4, 0.5) is 0 Å². The molecular weight excluding hydrogens is 456 g/mol. The Morgan fingerprint density at radius 2 is 1.46 bits per heavy atom. The van der Waals surface area contributed by atoms with Crippen molar-refractivity contribution in [2.45, 2.75) is 129 Å². The first kappa shape index (κ1) is 29.3. The monoisotopic (exact) mass is 506 g/mol. The zero-order valence-electron chi connectivity index (χ0n) is 23.7. The third-order valence-electron chi connectivity index (χ3n) is 8.16. The van der Waals surface area contributed by atoms with Crippen molar-refractivity contribution in [3.8, 4) is 17.1 Å².